The Bertz CT molecular complexity index is 1020. The van der Waals surface area contributed by atoms with Gasteiger partial charge in [-0.25, -0.2) is 8.42 Å². The van der Waals surface area contributed by atoms with Crippen LogP contribution >= 0.6 is 0 Å². The van der Waals surface area contributed by atoms with E-state index in [1.807, 2.05) is 64.1 Å². The second-order valence-electron chi connectivity index (χ2n) is 8.38. The third kappa shape index (κ3) is 4.54. The number of hydrogen-bond donors (Lipinski definition) is 1. The summed E-state index contributed by atoms with van der Waals surface area (Å²) in [6.07, 6.45) is 1.34. The first-order chi connectivity index (χ1) is 13.6. The maximum absolute atomic E-state index is 13.2. The zero-order chi connectivity index (χ0) is 21.2. The minimum Gasteiger partial charge on any atom is -0.352 e. The number of sulfonamides is 1. The number of carbonyl (C=O) groups is 1. The molecule has 0 aromatic heterocycles. The Morgan fingerprint density at radius 3 is 2.52 bits per heavy atom. The van der Waals surface area contributed by atoms with E-state index in [2.05, 4.69) is 5.32 Å². The lowest BCUT2D eigenvalue weighted by molar-refractivity contribution is -0.132. The number of rotatable bonds is 5. The second kappa shape index (κ2) is 8.28. The highest BCUT2D eigenvalue weighted by molar-refractivity contribution is 7.89. The molecule has 1 heterocycles. The summed E-state index contributed by atoms with van der Waals surface area (Å²) in [6.45, 7) is 8.73. The van der Waals surface area contributed by atoms with E-state index < -0.39 is 15.4 Å². The van der Waals surface area contributed by atoms with Crippen LogP contribution in [0, 0.1) is 26.2 Å². The molecular formula is C23H30N2O3S. The zero-order valence-corrected chi connectivity index (χ0v) is 18.5. The van der Waals surface area contributed by atoms with Crippen molar-refractivity contribution in [1.82, 2.24) is 9.62 Å². The SMILES string of the molecule is Cc1ccc(S(=O)(=O)N2CCC[C@@](C)(C(=O)NCc3ccccc3C)C2)c(C)c1. The van der Waals surface area contributed by atoms with Gasteiger partial charge in [-0.05, 0) is 63.3 Å². The molecule has 1 fully saturated rings. The summed E-state index contributed by atoms with van der Waals surface area (Å²) < 4.78 is 28.0. The lowest BCUT2D eigenvalue weighted by atomic mass is 9.82. The number of aryl methyl sites for hydroxylation is 3. The molecule has 1 atom stereocenters. The van der Waals surface area contributed by atoms with E-state index in [9.17, 15) is 13.2 Å². The summed E-state index contributed by atoms with van der Waals surface area (Å²) in [4.78, 5) is 13.3. The Labute approximate surface area is 174 Å². The third-order valence-corrected chi connectivity index (χ3v) is 7.86. The predicted octanol–water partition coefficient (Wildman–Crippen LogP) is 3.72. The van der Waals surface area contributed by atoms with Crippen LogP contribution in [0.1, 0.15) is 42.0 Å². The number of amides is 1. The lowest BCUT2D eigenvalue weighted by Gasteiger charge is -2.38. The van der Waals surface area contributed by atoms with Crippen molar-refractivity contribution in [2.75, 3.05) is 13.1 Å². The monoisotopic (exact) mass is 414 g/mol. The summed E-state index contributed by atoms with van der Waals surface area (Å²) in [5, 5.41) is 3.02. The van der Waals surface area contributed by atoms with Gasteiger partial charge in [0.05, 0.1) is 10.3 Å². The molecule has 1 aliphatic heterocycles. The van der Waals surface area contributed by atoms with E-state index in [-0.39, 0.29) is 12.5 Å². The van der Waals surface area contributed by atoms with Gasteiger partial charge in [0.2, 0.25) is 15.9 Å². The Morgan fingerprint density at radius 1 is 1.10 bits per heavy atom. The van der Waals surface area contributed by atoms with Crippen LogP contribution in [0.4, 0.5) is 0 Å². The van der Waals surface area contributed by atoms with Gasteiger partial charge >= 0.3 is 0 Å². The number of piperidine rings is 1. The van der Waals surface area contributed by atoms with Crippen molar-refractivity contribution in [2.45, 2.75) is 52.0 Å². The zero-order valence-electron chi connectivity index (χ0n) is 17.7. The first kappa shape index (κ1) is 21.5. The van der Waals surface area contributed by atoms with Crippen LogP contribution in [0.5, 0.6) is 0 Å². The van der Waals surface area contributed by atoms with E-state index in [1.165, 1.54) is 4.31 Å². The van der Waals surface area contributed by atoms with Crippen molar-refractivity contribution in [3.8, 4) is 0 Å². The summed E-state index contributed by atoms with van der Waals surface area (Å²) in [5.74, 6) is -0.0960. The molecule has 0 bridgehead atoms. The van der Waals surface area contributed by atoms with Gasteiger partial charge in [0.15, 0.2) is 0 Å². The van der Waals surface area contributed by atoms with Crippen LogP contribution in [-0.4, -0.2) is 31.7 Å². The average molecular weight is 415 g/mol. The van der Waals surface area contributed by atoms with Crippen LogP contribution in [0.25, 0.3) is 0 Å². The number of carbonyl (C=O) groups excluding carboxylic acids is 1. The molecule has 1 N–H and O–H groups in total. The molecule has 5 nitrogen and oxygen atoms in total. The first-order valence-electron chi connectivity index (χ1n) is 10.0. The molecule has 2 aromatic rings. The molecule has 1 aliphatic rings. The fourth-order valence-corrected chi connectivity index (χ4v) is 5.82. The van der Waals surface area contributed by atoms with Gasteiger partial charge in [0.1, 0.15) is 0 Å². The topological polar surface area (TPSA) is 66.5 Å². The van der Waals surface area contributed by atoms with Crippen LogP contribution in [0.3, 0.4) is 0 Å². The van der Waals surface area contributed by atoms with Gasteiger partial charge in [0, 0.05) is 19.6 Å². The molecule has 29 heavy (non-hydrogen) atoms. The number of hydrogen-bond acceptors (Lipinski definition) is 3. The first-order valence-corrected chi connectivity index (χ1v) is 11.5. The van der Waals surface area contributed by atoms with Crippen molar-refractivity contribution < 1.29 is 13.2 Å². The van der Waals surface area contributed by atoms with Gasteiger partial charge in [-0.3, -0.25) is 4.79 Å². The van der Waals surface area contributed by atoms with E-state index in [1.54, 1.807) is 6.07 Å². The van der Waals surface area contributed by atoms with Gasteiger partial charge in [-0.2, -0.15) is 4.31 Å². The molecule has 0 unspecified atom stereocenters. The van der Waals surface area contributed by atoms with Gasteiger partial charge < -0.3 is 5.32 Å². The quantitative estimate of drug-likeness (QED) is 0.811. The third-order valence-electron chi connectivity index (χ3n) is 5.86. The highest BCUT2D eigenvalue weighted by Gasteiger charge is 2.42. The minimum absolute atomic E-state index is 0.0960. The number of nitrogens with one attached hydrogen (secondary N) is 1. The Kier molecular flexibility index (Phi) is 6.15. The van der Waals surface area contributed by atoms with E-state index in [0.29, 0.717) is 30.8 Å². The smallest absolute Gasteiger partial charge is 0.243 e. The molecule has 0 radical (unpaired) electrons. The van der Waals surface area contributed by atoms with Crippen molar-refractivity contribution in [2.24, 2.45) is 5.41 Å². The molecule has 0 spiro atoms. The summed E-state index contributed by atoms with van der Waals surface area (Å²) in [7, 11) is -3.63. The van der Waals surface area contributed by atoms with Crippen molar-refractivity contribution in [3.05, 3.63) is 64.7 Å². The maximum Gasteiger partial charge on any atom is 0.243 e. The number of benzene rings is 2. The Morgan fingerprint density at radius 2 is 1.83 bits per heavy atom. The summed E-state index contributed by atoms with van der Waals surface area (Å²) in [5.41, 5.74) is 3.22. The molecule has 1 saturated heterocycles. The van der Waals surface area contributed by atoms with E-state index in [4.69, 9.17) is 0 Å². The molecule has 3 rings (SSSR count). The maximum atomic E-state index is 13.2. The standard InChI is InChI=1S/C23H30N2O3S/c1-17-10-11-21(19(3)14-17)29(27,28)25-13-7-12-23(4,16-25)22(26)24-15-20-9-6-5-8-18(20)2/h5-6,8-11,14H,7,12-13,15-16H2,1-4H3,(H,24,26)/t23-/m1/s1. The molecule has 0 aliphatic carbocycles. The number of nitrogens with zero attached hydrogens (tertiary/aromatic N) is 1. The van der Waals surface area contributed by atoms with E-state index in [0.717, 1.165) is 22.3 Å². The molecular weight excluding hydrogens is 384 g/mol. The van der Waals surface area contributed by atoms with Crippen LogP contribution < -0.4 is 5.32 Å². The Hall–Kier alpha value is -2.18. The average Bonchev–Trinajstić information content (AvgIpc) is 2.67. The minimum atomic E-state index is -3.63. The Balaban J connectivity index is 1.76. The molecule has 1 amide bonds. The van der Waals surface area contributed by atoms with Crippen molar-refractivity contribution >= 4 is 15.9 Å². The highest BCUT2D eigenvalue weighted by Crippen LogP contribution is 2.33. The van der Waals surface area contributed by atoms with Gasteiger partial charge in [-0.1, -0.05) is 42.0 Å². The van der Waals surface area contributed by atoms with Crippen LogP contribution in [0.2, 0.25) is 0 Å². The normalized spacial score (nSPS) is 20.4. The van der Waals surface area contributed by atoms with Gasteiger partial charge in [-0.15, -0.1) is 0 Å². The molecule has 156 valence electrons. The largest absolute Gasteiger partial charge is 0.352 e. The molecule has 2 aromatic carbocycles. The highest BCUT2D eigenvalue weighted by atomic mass is 32.2. The lowest BCUT2D eigenvalue weighted by Crippen LogP contribution is -2.51. The van der Waals surface area contributed by atoms with Crippen LogP contribution in [-0.2, 0) is 21.4 Å². The van der Waals surface area contributed by atoms with Crippen LogP contribution in [0.15, 0.2) is 47.4 Å². The fraction of sp³-hybridized carbons (Fsp3) is 0.435. The molecule has 0 saturated carbocycles. The molecule has 6 heteroatoms. The predicted molar refractivity (Wildman–Crippen MR) is 115 cm³/mol. The fourth-order valence-electron chi connectivity index (χ4n) is 4.01. The summed E-state index contributed by atoms with van der Waals surface area (Å²) >= 11 is 0. The second-order valence-corrected chi connectivity index (χ2v) is 10.3. The van der Waals surface area contributed by atoms with Crippen molar-refractivity contribution in [1.29, 1.82) is 0 Å². The van der Waals surface area contributed by atoms with E-state index >= 15 is 0 Å². The van der Waals surface area contributed by atoms with Crippen molar-refractivity contribution in [3.63, 3.8) is 0 Å². The van der Waals surface area contributed by atoms with Gasteiger partial charge in [0.25, 0.3) is 0 Å². The summed E-state index contributed by atoms with van der Waals surface area (Å²) in [6, 6.07) is 13.3.